The van der Waals surface area contributed by atoms with Crippen LogP contribution in [0.15, 0.2) is 12.1 Å². The molecule has 2 nitrogen and oxygen atoms in total. The molecule has 0 aromatic heterocycles. The summed E-state index contributed by atoms with van der Waals surface area (Å²) in [6, 6.07) is -0.123. The number of benzene rings is 1. The van der Waals surface area contributed by atoms with Gasteiger partial charge in [-0.15, -0.1) is 0 Å². The van der Waals surface area contributed by atoms with Crippen molar-refractivity contribution in [1.82, 2.24) is 0 Å². The van der Waals surface area contributed by atoms with Crippen LogP contribution in [-0.4, -0.2) is 11.7 Å². The van der Waals surface area contributed by atoms with E-state index in [-0.39, 0.29) is 0 Å². The fourth-order valence-corrected chi connectivity index (χ4v) is 0.999. The first-order valence-corrected chi connectivity index (χ1v) is 3.57. The maximum Gasteiger partial charge on any atom is 0.133 e. The summed E-state index contributed by atoms with van der Waals surface area (Å²) in [6.45, 7) is -0.598. The predicted molar refractivity (Wildman–Crippen MR) is 40.3 cm³/mol. The van der Waals surface area contributed by atoms with Crippen LogP contribution in [0.3, 0.4) is 0 Å². The van der Waals surface area contributed by atoms with Gasteiger partial charge < -0.3 is 10.8 Å². The van der Waals surface area contributed by atoms with Crippen LogP contribution < -0.4 is 5.73 Å². The van der Waals surface area contributed by atoms with Crippen molar-refractivity contribution in [1.29, 1.82) is 0 Å². The number of hydrogen-bond donors (Lipinski definition) is 2. The Balaban J connectivity index is 3.20. The van der Waals surface area contributed by atoms with Gasteiger partial charge in [0.05, 0.1) is 12.6 Å². The normalized spacial score (nSPS) is 13.0. The topological polar surface area (TPSA) is 46.2 Å². The van der Waals surface area contributed by atoms with Gasteiger partial charge in [-0.3, -0.25) is 0 Å². The van der Waals surface area contributed by atoms with Crippen LogP contribution in [0.25, 0.3) is 0 Å². The van der Waals surface area contributed by atoms with Gasteiger partial charge in [-0.1, -0.05) is 0 Å². The van der Waals surface area contributed by atoms with E-state index in [1.807, 2.05) is 0 Å². The number of aliphatic hydroxyl groups excluding tert-OH is 1. The van der Waals surface area contributed by atoms with Crippen LogP contribution in [0.5, 0.6) is 0 Å². The fraction of sp³-hybridized carbons (Fsp3) is 0.250. The maximum absolute atomic E-state index is 12.9. The van der Waals surface area contributed by atoms with Crippen molar-refractivity contribution < 1.29 is 18.3 Å². The van der Waals surface area contributed by atoms with Gasteiger partial charge in [0.15, 0.2) is 0 Å². The Morgan fingerprint density at radius 2 is 1.69 bits per heavy atom. The number of nitrogens with two attached hydrogens (primary N) is 1. The highest BCUT2D eigenvalue weighted by atomic mass is 19.1. The minimum Gasteiger partial charge on any atom is -0.394 e. The first kappa shape index (κ1) is 10.0. The van der Waals surface area contributed by atoms with Gasteiger partial charge >= 0.3 is 0 Å². The lowest BCUT2D eigenvalue weighted by Crippen LogP contribution is -2.18. The molecule has 0 spiro atoms. The zero-order valence-corrected chi connectivity index (χ0v) is 6.60. The third-order valence-electron chi connectivity index (χ3n) is 1.61. The molecule has 0 aliphatic rings. The standard InChI is InChI=1S/C8H8F3NO/c9-4-1-5(10)8(6(11)2-4)7(12)3-13/h1-2,7,13H,3,12H2/t7-/m1/s1. The summed E-state index contributed by atoms with van der Waals surface area (Å²) in [5.41, 5.74) is 4.70. The molecule has 1 aromatic rings. The van der Waals surface area contributed by atoms with Crippen LogP contribution in [0.1, 0.15) is 11.6 Å². The lowest BCUT2D eigenvalue weighted by molar-refractivity contribution is 0.262. The molecule has 0 unspecified atom stereocenters. The first-order valence-electron chi connectivity index (χ1n) is 3.57. The van der Waals surface area contributed by atoms with E-state index in [9.17, 15) is 13.2 Å². The Bertz CT molecular complexity index is 293. The average Bonchev–Trinajstić information content (AvgIpc) is 2.02. The van der Waals surface area contributed by atoms with Crippen molar-refractivity contribution in [2.75, 3.05) is 6.61 Å². The minimum absolute atomic E-state index is 0.496. The summed E-state index contributed by atoms with van der Waals surface area (Å²) < 4.78 is 38.1. The Labute approximate surface area is 72.8 Å². The van der Waals surface area contributed by atoms with E-state index in [4.69, 9.17) is 10.8 Å². The number of halogens is 3. The summed E-state index contributed by atoms with van der Waals surface area (Å²) >= 11 is 0. The molecule has 5 heteroatoms. The van der Waals surface area contributed by atoms with E-state index in [1.54, 1.807) is 0 Å². The van der Waals surface area contributed by atoms with Gasteiger partial charge in [0.25, 0.3) is 0 Å². The van der Waals surface area contributed by atoms with Gasteiger partial charge in [0, 0.05) is 17.7 Å². The van der Waals surface area contributed by atoms with Crippen LogP contribution in [0.4, 0.5) is 13.2 Å². The summed E-state index contributed by atoms with van der Waals surface area (Å²) in [5.74, 6) is -3.18. The van der Waals surface area contributed by atoms with Crippen molar-refractivity contribution in [3.05, 3.63) is 35.1 Å². The van der Waals surface area contributed by atoms with Gasteiger partial charge in [-0.25, -0.2) is 13.2 Å². The van der Waals surface area contributed by atoms with Gasteiger partial charge in [-0.05, 0) is 0 Å². The molecule has 0 bridgehead atoms. The van der Waals surface area contributed by atoms with Crippen molar-refractivity contribution in [3.8, 4) is 0 Å². The van der Waals surface area contributed by atoms with Crippen molar-refractivity contribution in [3.63, 3.8) is 0 Å². The van der Waals surface area contributed by atoms with Crippen LogP contribution in [0.2, 0.25) is 0 Å². The SMILES string of the molecule is N[C@H](CO)c1c(F)cc(F)cc1F. The highest BCUT2D eigenvalue weighted by Gasteiger charge is 2.17. The zero-order chi connectivity index (χ0) is 10.0. The molecule has 0 aliphatic carbocycles. The van der Waals surface area contributed by atoms with E-state index in [0.29, 0.717) is 12.1 Å². The third kappa shape index (κ3) is 1.99. The predicted octanol–water partition coefficient (Wildman–Crippen LogP) is 1.10. The monoisotopic (exact) mass is 191 g/mol. The van der Waals surface area contributed by atoms with Crippen LogP contribution in [0, 0.1) is 17.5 Å². The molecule has 0 heterocycles. The highest BCUT2D eigenvalue weighted by molar-refractivity contribution is 5.23. The Morgan fingerprint density at radius 1 is 1.23 bits per heavy atom. The second-order valence-electron chi connectivity index (χ2n) is 2.57. The maximum atomic E-state index is 12.9. The molecule has 0 fully saturated rings. The quantitative estimate of drug-likeness (QED) is 0.735. The van der Waals surface area contributed by atoms with Gasteiger partial charge in [-0.2, -0.15) is 0 Å². The van der Waals surface area contributed by atoms with Crippen molar-refractivity contribution in [2.24, 2.45) is 5.73 Å². The number of hydrogen-bond acceptors (Lipinski definition) is 2. The smallest absolute Gasteiger partial charge is 0.133 e. The van der Waals surface area contributed by atoms with Crippen LogP contribution >= 0.6 is 0 Å². The Morgan fingerprint density at radius 3 is 2.08 bits per heavy atom. The summed E-state index contributed by atoms with van der Waals surface area (Å²) in [6.07, 6.45) is 0. The molecular formula is C8H8F3NO. The Hall–Kier alpha value is -1.07. The van der Waals surface area contributed by atoms with Gasteiger partial charge in [0.2, 0.25) is 0 Å². The molecule has 0 saturated heterocycles. The Kier molecular flexibility index (Phi) is 2.90. The molecule has 0 saturated carbocycles. The second-order valence-corrected chi connectivity index (χ2v) is 2.57. The zero-order valence-electron chi connectivity index (χ0n) is 6.60. The summed E-state index contributed by atoms with van der Waals surface area (Å²) in [5, 5.41) is 8.55. The molecule has 0 aliphatic heterocycles. The summed E-state index contributed by atoms with van der Waals surface area (Å²) in [4.78, 5) is 0. The van der Waals surface area contributed by atoms with Gasteiger partial charge in [0.1, 0.15) is 17.5 Å². The van der Waals surface area contributed by atoms with E-state index in [2.05, 4.69) is 0 Å². The molecular weight excluding hydrogens is 183 g/mol. The second kappa shape index (κ2) is 3.76. The van der Waals surface area contributed by atoms with Crippen molar-refractivity contribution >= 4 is 0 Å². The van der Waals surface area contributed by atoms with E-state index in [1.165, 1.54) is 0 Å². The summed E-state index contributed by atoms with van der Waals surface area (Å²) in [7, 11) is 0. The third-order valence-corrected chi connectivity index (χ3v) is 1.61. The lowest BCUT2D eigenvalue weighted by Gasteiger charge is -2.10. The number of rotatable bonds is 2. The van der Waals surface area contributed by atoms with Crippen LogP contribution in [-0.2, 0) is 0 Å². The van der Waals surface area contributed by atoms with Crippen molar-refractivity contribution in [2.45, 2.75) is 6.04 Å². The van der Waals surface area contributed by atoms with E-state index < -0.39 is 35.7 Å². The number of aliphatic hydroxyl groups is 1. The molecule has 3 N–H and O–H groups in total. The van der Waals surface area contributed by atoms with E-state index in [0.717, 1.165) is 0 Å². The molecule has 1 aromatic carbocycles. The molecule has 0 amide bonds. The van der Waals surface area contributed by atoms with E-state index >= 15 is 0 Å². The molecule has 1 atom stereocenters. The molecule has 1 rings (SSSR count). The molecule has 0 radical (unpaired) electrons. The first-order chi connectivity index (χ1) is 6.06. The largest absolute Gasteiger partial charge is 0.394 e. The molecule has 13 heavy (non-hydrogen) atoms. The highest BCUT2D eigenvalue weighted by Crippen LogP contribution is 2.19. The molecule has 72 valence electrons. The average molecular weight is 191 g/mol. The lowest BCUT2D eigenvalue weighted by atomic mass is 10.1. The fourth-order valence-electron chi connectivity index (χ4n) is 0.999. The minimum atomic E-state index is -1.17.